The first kappa shape index (κ1) is 19.8. The van der Waals surface area contributed by atoms with Crippen LogP contribution in [0.4, 0.5) is 11.4 Å². The second-order valence-corrected chi connectivity index (χ2v) is 7.67. The Morgan fingerprint density at radius 1 is 1.18 bits per heavy atom. The quantitative estimate of drug-likeness (QED) is 0.367. The maximum absolute atomic E-state index is 12.4. The summed E-state index contributed by atoms with van der Waals surface area (Å²) in [6.07, 6.45) is 0. The van der Waals surface area contributed by atoms with E-state index in [0.717, 1.165) is 5.56 Å². The van der Waals surface area contributed by atoms with E-state index in [9.17, 15) is 14.9 Å². The number of rotatable bonds is 6. The van der Waals surface area contributed by atoms with Crippen molar-refractivity contribution in [3.8, 4) is 11.4 Å². The number of nitro benzene ring substituents is 1. The first-order valence-corrected chi connectivity index (χ1v) is 9.48. The number of halogens is 1. The Labute approximate surface area is 170 Å². The molecule has 1 heterocycles. The first-order chi connectivity index (χ1) is 13.3. The Balaban J connectivity index is 1.67. The number of hydrogen-bond acceptors (Lipinski definition) is 6. The molecule has 0 fully saturated rings. The summed E-state index contributed by atoms with van der Waals surface area (Å²) in [4.78, 5) is 22.6. The van der Waals surface area contributed by atoms with Gasteiger partial charge in [0, 0.05) is 35.5 Å². The van der Waals surface area contributed by atoms with Gasteiger partial charge in [-0.15, -0.1) is 10.2 Å². The third kappa shape index (κ3) is 4.49. The molecule has 1 atom stereocenters. The molecule has 2 aromatic carbocycles. The normalized spacial score (nSPS) is 11.8. The van der Waals surface area contributed by atoms with Gasteiger partial charge in [-0.2, -0.15) is 0 Å². The Hall–Kier alpha value is -2.91. The molecule has 1 unspecified atom stereocenters. The van der Waals surface area contributed by atoms with Crippen LogP contribution in [0, 0.1) is 10.1 Å². The van der Waals surface area contributed by atoms with Gasteiger partial charge in [0.25, 0.3) is 5.69 Å². The van der Waals surface area contributed by atoms with E-state index in [1.807, 2.05) is 23.7 Å². The second-order valence-electron chi connectivity index (χ2n) is 5.93. The van der Waals surface area contributed by atoms with Crippen LogP contribution in [0.2, 0.25) is 5.02 Å². The molecule has 0 bridgehead atoms. The number of benzene rings is 2. The predicted octanol–water partition coefficient (Wildman–Crippen LogP) is 4.16. The predicted molar refractivity (Wildman–Crippen MR) is 108 cm³/mol. The van der Waals surface area contributed by atoms with Gasteiger partial charge in [0.1, 0.15) is 0 Å². The fourth-order valence-electron chi connectivity index (χ4n) is 2.39. The third-order valence-corrected chi connectivity index (χ3v) is 5.32. The fourth-order valence-corrected chi connectivity index (χ4v) is 3.33. The second kappa shape index (κ2) is 8.41. The fraction of sp³-hybridized carbons (Fsp3) is 0.167. The van der Waals surface area contributed by atoms with Crippen LogP contribution in [0.5, 0.6) is 0 Å². The molecule has 1 aromatic heterocycles. The summed E-state index contributed by atoms with van der Waals surface area (Å²) in [6.45, 7) is 1.75. The SMILES string of the molecule is CC(Sc1nnc(-c2ccc(Cl)cc2)n1C)C(=O)Nc1ccc([N+](=O)[O-])cc1. The number of carbonyl (C=O) groups is 1. The Bertz CT molecular complexity index is 1010. The van der Waals surface area contributed by atoms with Crippen LogP contribution >= 0.6 is 23.4 Å². The zero-order valence-electron chi connectivity index (χ0n) is 15.0. The molecule has 28 heavy (non-hydrogen) atoms. The number of amides is 1. The molecular weight excluding hydrogens is 402 g/mol. The Kier molecular flexibility index (Phi) is 5.96. The van der Waals surface area contributed by atoms with Gasteiger partial charge < -0.3 is 9.88 Å². The van der Waals surface area contributed by atoms with Crippen molar-refractivity contribution in [1.29, 1.82) is 0 Å². The summed E-state index contributed by atoms with van der Waals surface area (Å²) in [5, 5.41) is 22.6. The number of aromatic nitrogens is 3. The van der Waals surface area contributed by atoms with E-state index in [0.29, 0.717) is 21.7 Å². The number of anilines is 1. The molecule has 3 aromatic rings. The summed E-state index contributed by atoms with van der Waals surface area (Å²) in [6, 6.07) is 12.9. The van der Waals surface area contributed by atoms with Gasteiger partial charge in [0.2, 0.25) is 5.91 Å². The molecule has 10 heteroatoms. The van der Waals surface area contributed by atoms with Crippen molar-refractivity contribution in [2.24, 2.45) is 7.05 Å². The van der Waals surface area contributed by atoms with Gasteiger partial charge in [-0.3, -0.25) is 14.9 Å². The topological polar surface area (TPSA) is 103 Å². The molecule has 144 valence electrons. The van der Waals surface area contributed by atoms with Crippen molar-refractivity contribution in [2.45, 2.75) is 17.3 Å². The largest absolute Gasteiger partial charge is 0.325 e. The van der Waals surface area contributed by atoms with Crippen LogP contribution in [0.3, 0.4) is 0 Å². The number of non-ortho nitro benzene ring substituents is 1. The van der Waals surface area contributed by atoms with Crippen LogP contribution in [0.25, 0.3) is 11.4 Å². The maximum atomic E-state index is 12.4. The molecule has 8 nitrogen and oxygen atoms in total. The van der Waals surface area contributed by atoms with E-state index in [1.54, 1.807) is 19.1 Å². The molecule has 1 amide bonds. The molecule has 0 saturated carbocycles. The zero-order valence-corrected chi connectivity index (χ0v) is 16.6. The lowest BCUT2D eigenvalue weighted by Crippen LogP contribution is -2.22. The highest BCUT2D eigenvalue weighted by Crippen LogP contribution is 2.27. The van der Waals surface area contributed by atoms with E-state index < -0.39 is 10.2 Å². The van der Waals surface area contributed by atoms with Crippen molar-refractivity contribution in [1.82, 2.24) is 14.8 Å². The van der Waals surface area contributed by atoms with Gasteiger partial charge in [-0.25, -0.2) is 0 Å². The molecule has 0 spiro atoms. The first-order valence-electron chi connectivity index (χ1n) is 8.22. The van der Waals surface area contributed by atoms with E-state index in [2.05, 4.69) is 15.5 Å². The molecule has 0 radical (unpaired) electrons. The monoisotopic (exact) mass is 417 g/mol. The summed E-state index contributed by atoms with van der Waals surface area (Å²) in [5.74, 6) is 0.428. The lowest BCUT2D eigenvalue weighted by Gasteiger charge is -2.11. The van der Waals surface area contributed by atoms with E-state index in [1.165, 1.54) is 36.0 Å². The lowest BCUT2D eigenvalue weighted by atomic mass is 10.2. The van der Waals surface area contributed by atoms with Gasteiger partial charge in [0.05, 0.1) is 10.2 Å². The molecule has 0 saturated heterocycles. The summed E-state index contributed by atoms with van der Waals surface area (Å²) in [5.41, 5.74) is 1.33. The maximum Gasteiger partial charge on any atom is 0.269 e. The van der Waals surface area contributed by atoms with Gasteiger partial charge in [0.15, 0.2) is 11.0 Å². The summed E-state index contributed by atoms with van der Waals surface area (Å²) >= 11 is 7.18. The molecule has 0 aliphatic heterocycles. The van der Waals surface area contributed by atoms with E-state index in [4.69, 9.17) is 11.6 Å². The average molecular weight is 418 g/mol. The van der Waals surface area contributed by atoms with Crippen molar-refractivity contribution < 1.29 is 9.72 Å². The Morgan fingerprint density at radius 2 is 1.82 bits per heavy atom. The van der Waals surface area contributed by atoms with E-state index in [-0.39, 0.29) is 11.6 Å². The standard InChI is InChI=1S/C18H16ClN5O3S/c1-11(17(25)20-14-7-9-15(10-8-14)24(26)27)28-18-22-21-16(23(18)2)12-3-5-13(19)6-4-12/h3-11H,1-2H3,(H,20,25). The van der Waals surface area contributed by atoms with Crippen LogP contribution in [-0.2, 0) is 11.8 Å². The van der Waals surface area contributed by atoms with Crippen molar-refractivity contribution in [2.75, 3.05) is 5.32 Å². The highest BCUT2D eigenvalue weighted by atomic mass is 35.5. The number of nitrogens with one attached hydrogen (secondary N) is 1. The minimum atomic E-state index is -0.490. The zero-order chi connectivity index (χ0) is 20.3. The lowest BCUT2D eigenvalue weighted by molar-refractivity contribution is -0.384. The molecule has 1 N–H and O–H groups in total. The molecular formula is C18H16ClN5O3S. The molecule has 0 aliphatic carbocycles. The number of thioether (sulfide) groups is 1. The minimum Gasteiger partial charge on any atom is -0.325 e. The third-order valence-electron chi connectivity index (χ3n) is 3.93. The van der Waals surface area contributed by atoms with Crippen LogP contribution < -0.4 is 5.32 Å². The minimum absolute atomic E-state index is 0.0331. The van der Waals surface area contributed by atoms with Crippen molar-refractivity contribution in [3.05, 3.63) is 63.7 Å². The van der Waals surface area contributed by atoms with E-state index >= 15 is 0 Å². The summed E-state index contributed by atoms with van der Waals surface area (Å²) < 4.78 is 1.81. The van der Waals surface area contributed by atoms with Crippen molar-refractivity contribution >= 4 is 40.6 Å². The number of carbonyl (C=O) groups excluding carboxylic acids is 1. The van der Waals surface area contributed by atoms with Crippen molar-refractivity contribution in [3.63, 3.8) is 0 Å². The number of hydrogen-bond donors (Lipinski definition) is 1. The highest BCUT2D eigenvalue weighted by molar-refractivity contribution is 8.00. The van der Waals surface area contributed by atoms with Gasteiger partial charge in [-0.05, 0) is 43.3 Å². The Morgan fingerprint density at radius 3 is 2.43 bits per heavy atom. The molecule has 0 aliphatic rings. The number of nitro groups is 1. The molecule has 3 rings (SSSR count). The van der Waals surface area contributed by atoms with Crippen LogP contribution in [0.1, 0.15) is 6.92 Å². The highest BCUT2D eigenvalue weighted by Gasteiger charge is 2.20. The van der Waals surface area contributed by atoms with Gasteiger partial charge >= 0.3 is 0 Å². The smallest absolute Gasteiger partial charge is 0.269 e. The summed E-state index contributed by atoms with van der Waals surface area (Å²) in [7, 11) is 1.83. The van der Waals surface area contributed by atoms with Crippen LogP contribution in [-0.4, -0.2) is 30.8 Å². The number of nitrogens with zero attached hydrogens (tertiary/aromatic N) is 4. The average Bonchev–Trinajstić information content (AvgIpc) is 3.03. The van der Waals surface area contributed by atoms with Gasteiger partial charge in [-0.1, -0.05) is 23.4 Å². The van der Waals surface area contributed by atoms with Crippen LogP contribution in [0.15, 0.2) is 53.7 Å².